The normalized spacial score (nSPS) is 12.9. The lowest BCUT2D eigenvalue weighted by molar-refractivity contribution is 0.108. The highest BCUT2D eigenvalue weighted by molar-refractivity contribution is 7.99. The summed E-state index contributed by atoms with van der Waals surface area (Å²) in [5, 5.41) is 15.9. The molecular weight excluding hydrogens is 379 g/mol. The maximum atomic E-state index is 13.1. The fourth-order valence-electron chi connectivity index (χ4n) is 2.35. The number of nitrogens with one attached hydrogen (secondary N) is 2. The van der Waals surface area contributed by atoms with Crippen molar-refractivity contribution in [3.63, 3.8) is 0 Å². The van der Waals surface area contributed by atoms with E-state index in [0.717, 1.165) is 17.7 Å². The Morgan fingerprint density at radius 1 is 1.29 bits per heavy atom. The van der Waals surface area contributed by atoms with Gasteiger partial charge in [0, 0.05) is 28.4 Å². The molecule has 28 heavy (non-hydrogen) atoms. The van der Waals surface area contributed by atoms with Crippen LogP contribution in [0, 0.1) is 12.7 Å². The molecule has 0 aliphatic rings. The molecule has 0 aromatic heterocycles. The summed E-state index contributed by atoms with van der Waals surface area (Å²) in [5.74, 6) is -0.0806. The second kappa shape index (κ2) is 10.9. The first-order chi connectivity index (χ1) is 13.4. The molecule has 0 saturated carbocycles. The van der Waals surface area contributed by atoms with Gasteiger partial charge in [0.25, 0.3) is 0 Å². The number of aryl methyl sites for hydroxylation is 1. The summed E-state index contributed by atoms with van der Waals surface area (Å²) in [7, 11) is 0. The van der Waals surface area contributed by atoms with Crippen molar-refractivity contribution in [3.8, 4) is 5.75 Å². The molecule has 0 heterocycles. The number of anilines is 1. The van der Waals surface area contributed by atoms with Crippen molar-refractivity contribution >= 4 is 23.5 Å². The minimum Gasteiger partial charge on any atom is -0.491 e. The van der Waals surface area contributed by atoms with E-state index in [1.807, 2.05) is 25.1 Å². The molecule has 0 bridgehead atoms. The zero-order valence-corrected chi connectivity index (χ0v) is 17.2. The van der Waals surface area contributed by atoms with E-state index in [-0.39, 0.29) is 13.2 Å². The summed E-state index contributed by atoms with van der Waals surface area (Å²) in [4.78, 5) is 13.2. The number of ether oxygens (including phenoxy) is 1. The number of hydrogen-bond acceptors (Lipinski definition) is 4. The Labute approximate surface area is 169 Å². The predicted molar refractivity (Wildman–Crippen MR) is 112 cm³/mol. The molecule has 0 radical (unpaired) electrons. The Bertz CT molecular complexity index is 788. The van der Waals surface area contributed by atoms with E-state index in [2.05, 4.69) is 24.5 Å². The highest BCUT2D eigenvalue weighted by atomic mass is 32.2. The molecule has 2 atom stereocenters. The van der Waals surface area contributed by atoms with Gasteiger partial charge in [0.1, 0.15) is 24.3 Å². The van der Waals surface area contributed by atoms with E-state index in [9.17, 15) is 14.3 Å². The Morgan fingerprint density at radius 2 is 2.07 bits per heavy atom. The number of rotatable bonds is 9. The van der Waals surface area contributed by atoms with E-state index in [4.69, 9.17) is 4.74 Å². The number of thioether (sulfide) groups is 1. The average Bonchev–Trinajstić information content (AvgIpc) is 2.67. The molecule has 2 amide bonds. The quantitative estimate of drug-likeness (QED) is 0.533. The first kappa shape index (κ1) is 22.0. The van der Waals surface area contributed by atoms with Gasteiger partial charge in [-0.05, 0) is 49.2 Å². The number of halogens is 1. The summed E-state index contributed by atoms with van der Waals surface area (Å²) in [6.45, 7) is 6.25. The maximum Gasteiger partial charge on any atom is 0.319 e. The monoisotopic (exact) mass is 406 g/mol. The molecule has 2 rings (SSSR count). The molecule has 152 valence electrons. The van der Waals surface area contributed by atoms with Crippen LogP contribution in [0.1, 0.15) is 25.8 Å². The number of aliphatic hydroxyl groups excluding tert-OH is 1. The van der Waals surface area contributed by atoms with Crippen molar-refractivity contribution < 1.29 is 19.0 Å². The summed E-state index contributed by atoms with van der Waals surface area (Å²) >= 11 is 1.81. The van der Waals surface area contributed by atoms with E-state index >= 15 is 0 Å². The molecule has 5 nitrogen and oxygen atoms in total. The number of urea groups is 1. The van der Waals surface area contributed by atoms with Gasteiger partial charge in [0.15, 0.2) is 0 Å². The van der Waals surface area contributed by atoms with Crippen molar-refractivity contribution in [3.05, 3.63) is 53.8 Å². The SMILES string of the molecule is CCC(C)Sc1ccc(NC(=O)NCC(O)COc2cccc(F)c2)c(C)c1. The lowest BCUT2D eigenvalue weighted by Gasteiger charge is -2.15. The van der Waals surface area contributed by atoms with Crippen LogP contribution in [0.4, 0.5) is 14.9 Å². The van der Waals surface area contributed by atoms with Gasteiger partial charge in [0.2, 0.25) is 0 Å². The molecule has 7 heteroatoms. The molecule has 2 unspecified atom stereocenters. The Balaban J connectivity index is 1.77. The van der Waals surface area contributed by atoms with Crippen LogP contribution >= 0.6 is 11.8 Å². The van der Waals surface area contributed by atoms with Crippen molar-refractivity contribution in [2.45, 2.75) is 43.4 Å². The Morgan fingerprint density at radius 3 is 2.75 bits per heavy atom. The smallest absolute Gasteiger partial charge is 0.319 e. The molecule has 0 fully saturated rings. The predicted octanol–water partition coefficient (Wildman–Crippen LogP) is 4.59. The minimum atomic E-state index is -0.913. The van der Waals surface area contributed by atoms with E-state index < -0.39 is 18.0 Å². The number of hydrogen-bond donors (Lipinski definition) is 3. The van der Waals surface area contributed by atoms with Crippen LogP contribution in [0.3, 0.4) is 0 Å². The van der Waals surface area contributed by atoms with Crippen molar-refractivity contribution in [2.24, 2.45) is 0 Å². The standard InChI is InChI=1S/C21H27FN2O3S/c1-4-15(3)28-19-8-9-20(14(2)10-19)24-21(26)23-12-17(25)13-27-18-7-5-6-16(22)11-18/h5-11,15,17,25H,4,12-13H2,1-3H3,(H2,23,24,26). The van der Waals surface area contributed by atoms with Crippen LogP contribution in [0.25, 0.3) is 0 Å². The Kier molecular flexibility index (Phi) is 8.60. The van der Waals surface area contributed by atoms with Crippen LogP contribution < -0.4 is 15.4 Å². The Hall–Kier alpha value is -2.25. The van der Waals surface area contributed by atoms with E-state index in [1.54, 1.807) is 17.8 Å². The summed E-state index contributed by atoms with van der Waals surface area (Å²) in [6.07, 6.45) is 0.182. The van der Waals surface area contributed by atoms with Crippen LogP contribution in [0.15, 0.2) is 47.4 Å². The lowest BCUT2D eigenvalue weighted by atomic mass is 10.2. The average molecular weight is 407 g/mol. The third-order valence-electron chi connectivity index (χ3n) is 4.09. The molecule has 0 saturated heterocycles. The van der Waals surface area contributed by atoms with Gasteiger partial charge in [-0.3, -0.25) is 0 Å². The van der Waals surface area contributed by atoms with Gasteiger partial charge in [0.05, 0.1) is 0 Å². The fraction of sp³-hybridized carbons (Fsp3) is 0.381. The zero-order valence-electron chi connectivity index (χ0n) is 16.4. The number of benzene rings is 2. The molecule has 0 aliphatic carbocycles. The van der Waals surface area contributed by atoms with Crippen molar-refractivity contribution in [1.82, 2.24) is 5.32 Å². The van der Waals surface area contributed by atoms with Crippen LogP contribution in [0.2, 0.25) is 0 Å². The molecule has 2 aromatic rings. The number of amides is 2. The topological polar surface area (TPSA) is 70.6 Å². The third-order valence-corrected chi connectivity index (χ3v) is 5.36. The second-order valence-corrected chi connectivity index (χ2v) is 8.08. The van der Waals surface area contributed by atoms with Gasteiger partial charge in [-0.1, -0.05) is 19.9 Å². The lowest BCUT2D eigenvalue weighted by Crippen LogP contribution is -2.37. The number of aliphatic hydroxyl groups is 1. The minimum absolute atomic E-state index is 0.0160. The molecule has 3 N–H and O–H groups in total. The first-order valence-corrected chi connectivity index (χ1v) is 10.1. The van der Waals surface area contributed by atoms with Gasteiger partial charge in [-0.2, -0.15) is 0 Å². The molecule has 0 aliphatic heterocycles. The van der Waals surface area contributed by atoms with Gasteiger partial charge in [-0.25, -0.2) is 9.18 Å². The maximum absolute atomic E-state index is 13.1. The molecular formula is C21H27FN2O3S. The van der Waals surface area contributed by atoms with Gasteiger partial charge >= 0.3 is 6.03 Å². The van der Waals surface area contributed by atoms with Crippen LogP contribution in [-0.4, -0.2) is 35.6 Å². The highest BCUT2D eigenvalue weighted by Gasteiger charge is 2.10. The zero-order chi connectivity index (χ0) is 20.5. The summed E-state index contributed by atoms with van der Waals surface area (Å²) in [5.41, 5.74) is 1.69. The third kappa shape index (κ3) is 7.40. The van der Waals surface area contributed by atoms with Gasteiger partial charge in [-0.15, -0.1) is 11.8 Å². The van der Waals surface area contributed by atoms with Crippen molar-refractivity contribution in [2.75, 3.05) is 18.5 Å². The number of carbonyl (C=O) groups is 1. The molecule has 2 aromatic carbocycles. The van der Waals surface area contributed by atoms with Gasteiger partial charge < -0.3 is 20.5 Å². The van der Waals surface area contributed by atoms with Crippen LogP contribution in [0.5, 0.6) is 5.75 Å². The highest BCUT2D eigenvalue weighted by Crippen LogP contribution is 2.28. The molecule has 0 spiro atoms. The fourth-order valence-corrected chi connectivity index (χ4v) is 3.37. The van der Waals surface area contributed by atoms with E-state index in [1.165, 1.54) is 23.1 Å². The summed E-state index contributed by atoms with van der Waals surface area (Å²) in [6, 6.07) is 11.2. The largest absolute Gasteiger partial charge is 0.491 e. The van der Waals surface area contributed by atoms with Crippen molar-refractivity contribution in [1.29, 1.82) is 0 Å². The number of carbonyl (C=O) groups excluding carboxylic acids is 1. The van der Waals surface area contributed by atoms with E-state index in [0.29, 0.717) is 11.0 Å². The summed E-state index contributed by atoms with van der Waals surface area (Å²) < 4.78 is 18.4. The second-order valence-electron chi connectivity index (χ2n) is 6.57. The first-order valence-electron chi connectivity index (χ1n) is 9.26. The van der Waals surface area contributed by atoms with Crippen LogP contribution in [-0.2, 0) is 0 Å².